The third-order valence-corrected chi connectivity index (χ3v) is 3.40. The van der Waals surface area contributed by atoms with E-state index in [9.17, 15) is 4.79 Å². The van der Waals surface area contributed by atoms with Crippen molar-refractivity contribution in [3.05, 3.63) is 18.0 Å². The minimum absolute atomic E-state index is 0.179. The fraction of sp³-hybridized carbons (Fsp3) is 0.692. The van der Waals surface area contributed by atoms with E-state index in [1.54, 1.807) is 4.68 Å². The predicted molar refractivity (Wildman–Crippen MR) is 70.1 cm³/mol. The molecule has 5 heteroatoms. The van der Waals surface area contributed by atoms with Gasteiger partial charge in [-0.05, 0) is 37.9 Å². The molecule has 0 aliphatic carbocycles. The number of hydrogen-bond acceptors (Lipinski definition) is 3. The van der Waals surface area contributed by atoms with Crippen LogP contribution in [0, 0.1) is 5.92 Å². The summed E-state index contributed by atoms with van der Waals surface area (Å²) in [6.45, 7) is 2.78. The fourth-order valence-corrected chi connectivity index (χ4v) is 2.35. The molecule has 1 aromatic rings. The van der Waals surface area contributed by atoms with Gasteiger partial charge in [0.2, 0.25) is 5.91 Å². The zero-order valence-corrected chi connectivity index (χ0v) is 11.0. The van der Waals surface area contributed by atoms with Gasteiger partial charge in [0.1, 0.15) is 0 Å². The molecule has 0 unspecified atom stereocenters. The van der Waals surface area contributed by atoms with E-state index in [1.165, 1.54) is 0 Å². The molecular formula is C13H22N4O. The Balaban J connectivity index is 1.62. The summed E-state index contributed by atoms with van der Waals surface area (Å²) < 4.78 is 1.78. The maximum absolute atomic E-state index is 11.7. The Labute approximate surface area is 108 Å². The van der Waals surface area contributed by atoms with E-state index in [2.05, 4.69) is 15.7 Å². The monoisotopic (exact) mass is 250 g/mol. The van der Waals surface area contributed by atoms with Crippen LogP contribution in [0.1, 0.15) is 25.0 Å². The van der Waals surface area contributed by atoms with E-state index < -0.39 is 0 Å². The van der Waals surface area contributed by atoms with Crippen LogP contribution in [-0.4, -0.2) is 35.3 Å². The molecule has 1 aromatic heterocycles. The minimum Gasteiger partial charge on any atom is -0.356 e. The molecule has 1 saturated heterocycles. The van der Waals surface area contributed by atoms with Crippen molar-refractivity contribution in [2.75, 3.05) is 19.6 Å². The summed E-state index contributed by atoms with van der Waals surface area (Å²) in [5.74, 6) is 0.735. The van der Waals surface area contributed by atoms with Crippen molar-refractivity contribution < 1.29 is 4.79 Å². The summed E-state index contributed by atoms with van der Waals surface area (Å²) in [5.41, 5.74) is 1.03. The Bertz CT molecular complexity index is 382. The molecule has 0 bridgehead atoms. The van der Waals surface area contributed by atoms with Crippen molar-refractivity contribution in [1.29, 1.82) is 0 Å². The van der Waals surface area contributed by atoms with Crippen LogP contribution in [0.5, 0.6) is 0 Å². The summed E-state index contributed by atoms with van der Waals surface area (Å²) in [4.78, 5) is 11.7. The van der Waals surface area contributed by atoms with Gasteiger partial charge in [0.05, 0.1) is 5.69 Å². The third kappa shape index (κ3) is 4.14. The second-order valence-corrected chi connectivity index (χ2v) is 4.98. The molecule has 2 rings (SSSR count). The lowest BCUT2D eigenvalue weighted by Gasteiger charge is -2.21. The van der Waals surface area contributed by atoms with E-state index >= 15 is 0 Å². The lowest BCUT2D eigenvalue weighted by atomic mass is 9.94. The van der Waals surface area contributed by atoms with E-state index in [-0.39, 0.29) is 5.91 Å². The Morgan fingerprint density at radius 1 is 1.56 bits per heavy atom. The lowest BCUT2D eigenvalue weighted by molar-refractivity contribution is -0.122. The number of nitrogens with zero attached hydrogens (tertiary/aromatic N) is 2. The van der Waals surface area contributed by atoms with Gasteiger partial charge < -0.3 is 10.6 Å². The van der Waals surface area contributed by atoms with Gasteiger partial charge in [-0.15, -0.1) is 0 Å². The molecule has 1 fully saturated rings. The van der Waals surface area contributed by atoms with Gasteiger partial charge in [-0.1, -0.05) is 0 Å². The zero-order chi connectivity index (χ0) is 12.8. The predicted octanol–water partition coefficient (Wildman–Crippen LogP) is 0.468. The van der Waals surface area contributed by atoms with Crippen LogP contribution < -0.4 is 10.6 Å². The highest BCUT2D eigenvalue weighted by atomic mass is 16.1. The number of aryl methyl sites for hydroxylation is 1. The van der Waals surface area contributed by atoms with Crippen LogP contribution in [0.3, 0.4) is 0 Å². The normalized spacial score (nSPS) is 16.7. The average Bonchev–Trinajstić information content (AvgIpc) is 2.76. The number of piperidine rings is 1. The van der Waals surface area contributed by atoms with Crippen LogP contribution in [-0.2, 0) is 18.3 Å². The van der Waals surface area contributed by atoms with E-state index in [0.29, 0.717) is 18.9 Å². The van der Waals surface area contributed by atoms with Gasteiger partial charge in [0.25, 0.3) is 0 Å². The van der Waals surface area contributed by atoms with Crippen molar-refractivity contribution in [3.63, 3.8) is 0 Å². The number of carbonyl (C=O) groups is 1. The fourth-order valence-electron chi connectivity index (χ4n) is 2.35. The smallest absolute Gasteiger partial charge is 0.220 e. The molecule has 1 aliphatic rings. The summed E-state index contributed by atoms with van der Waals surface area (Å²) >= 11 is 0. The minimum atomic E-state index is 0.179. The molecule has 1 aliphatic heterocycles. The number of carbonyl (C=O) groups excluding carboxylic acids is 1. The molecule has 1 amide bonds. The number of rotatable bonds is 5. The van der Waals surface area contributed by atoms with Gasteiger partial charge in [-0.25, -0.2) is 0 Å². The molecular weight excluding hydrogens is 228 g/mol. The first-order valence-corrected chi connectivity index (χ1v) is 6.70. The molecule has 2 heterocycles. The van der Waals surface area contributed by atoms with Gasteiger partial charge in [0.15, 0.2) is 0 Å². The SMILES string of the molecule is Cn1ccc(CCNC(=O)CC2CCNCC2)n1. The molecule has 100 valence electrons. The first-order valence-electron chi connectivity index (χ1n) is 6.70. The quantitative estimate of drug-likeness (QED) is 0.798. The largest absolute Gasteiger partial charge is 0.356 e. The highest BCUT2D eigenvalue weighted by molar-refractivity contribution is 5.76. The number of amides is 1. The van der Waals surface area contributed by atoms with Crippen molar-refractivity contribution >= 4 is 5.91 Å². The molecule has 5 nitrogen and oxygen atoms in total. The first-order chi connectivity index (χ1) is 8.74. The molecule has 0 saturated carbocycles. The Kier molecular flexibility index (Phi) is 4.75. The molecule has 0 spiro atoms. The van der Waals surface area contributed by atoms with Crippen molar-refractivity contribution in [1.82, 2.24) is 20.4 Å². The molecule has 0 aromatic carbocycles. The summed E-state index contributed by atoms with van der Waals surface area (Å²) in [6.07, 6.45) is 5.64. The van der Waals surface area contributed by atoms with Crippen LogP contribution >= 0.6 is 0 Å². The molecule has 0 atom stereocenters. The highest BCUT2D eigenvalue weighted by Gasteiger charge is 2.16. The number of hydrogen-bond donors (Lipinski definition) is 2. The summed E-state index contributed by atoms with van der Waals surface area (Å²) in [6, 6.07) is 1.99. The van der Waals surface area contributed by atoms with Gasteiger partial charge >= 0.3 is 0 Å². The first kappa shape index (κ1) is 13.1. The maximum atomic E-state index is 11.7. The second kappa shape index (κ2) is 6.54. The maximum Gasteiger partial charge on any atom is 0.220 e. The van der Waals surface area contributed by atoms with Crippen LogP contribution in [0.25, 0.3) is 0 Å². The topological polar surface area (TPSA) is 59.0 Å². The Morgan fingerprint density at radius 2 is 2.33 bits per heavy atom. The van der Waals surface area contributed by atoms with Crippen LogP contribution in [0.15, 0.2) is 12.3 Å². The summed E-state index contributed by atoms with van der Waals surface area (Å²) in [7, 11) is 1.90. The lowest BCUT2D eigenvalue weighted by Crippen LogP contribution is -2.33. The van der Waals surface area contributed by atoms with E-state index in [0.717, 1.165) is 38.0 Å². The Morgan fingerprint density at radius 3 is 3.00 bits per heavy atom. The van der Waals surface area contributed by atoms with E-state index in [1.807, 2.05) is 19.3 Å². The zero-order valence-electron chi connectivity index (χ0n) is 11.0. The van der Waals surface area contributed by atoms with Crippen molar-refractivity contribution in [3.8, 4) is 0 Å². The molecule has 2 N–H and O–H groups in total. The number of nitrogens with one attached hydrogen (secondary N) is 2. The number of aromatic nitrogens is 2. The highest BCUT2D eigenvalue weighted by Crippen LogP contribution is 2.15. The van der Waals surface area contributed by atoms with Crippen LogP contribution in [0.2, 0.25) is 0 Å². The van der Waals surface area contributed by atoms with Gasteiger partial charge in [-0.3, -0.25) is 9.48 Å². The molecule has 0 radical (unpaired) electrons. The standard InChI is InChI=1S/C13H22N4O/c1-17-9-5-12(16-17)4-8-15-13(18)10-11-2-6-14-7-3-11/h5,9,11,14H,2-4,6-8,10H2,1H3,(H,15,18). The average molecular weight is 250 g/mol. The van der Waals surface area contributed by atoms with Crippen molar-refractivity contribution in [2.24, 2.45) is 13.0 Å². The molecule has 18 heavy (non-hydrogen) atoms. The third-order valence-electron chi connectivity index (χ3n) is 3.40. The second-order valence-electron chi connectivity index (χ2n) is 4.98. The van der Waals surface area contributed by atoms with Gasteiger partial charge in [0, 0.05) is 32.6 Å². The van der Waals surface area contributed by atoms with E-state index in [4.69, 9.17) is 0 Å². The van der Waals surface area contributed by atoms with Crippen LogP contribution in [0.4, 0.5) is 0 Å². The van der Waals surface area contributed by atoms with Gasteiger partial charge in [-0.2, -0.15) is 5.10 Å². The Hall–Kier alpha value is -1.36. The summed E-state index contributed by atoms with van der Waals surface area (Å²) in [5, 5.41) is 10.6. The van der Waals surface area contributed by atoms with Crippen molar-refractivity contribution in [2.45, 2.75) is 25.7 Å².